The van der Waals surface area contributed by atoms with Crippen LogP contribution in [-0.4, -0.2) is 37.5 Å². The molecule has 0 N–H and O–H groups in total. The lowest BCUT2D eigenvalue weighted by Gasteiger charge is -2.33. The number of carbonyl (C=O) groups is 1. The van der Waals surface area contributed by atoms with E-state index in [0.29, 0.717) is 0 Å². The maximum Gasteiger partial charge on any atom is 0.340 e. The van der Waals surface area contributed by atoms with Crippen molar-refractivity contribution in [2.24, 2.45) is 0 Å². The molecule has 2 fully saturated rings. The molecule has 0 radical (unpaired) electrons. The molecule has 1 saturated carbocycles. The Labute approximate surface area is 77.1 Å². The molecule has 0 bridgehead atoms. The highest BCUT2D eigenvalue weighted by molar-refractivity contribution is 5.84. The van der Waals surface area contributed by atoms with Gasteiger partial charge in [0, 0.05) is 20.0 Å². The topological polar surface area (TPSA) is 48.1 Å². The molecule has 1 aliphatic carbocycles. The lowest BCUT2D eigenvalue weighted by atomic mass is 9.74. The smallest absolute Gasteiger partial charge is 0.340 e. The molecule has 1 aliphatic heterocycles. The maximum atomic E-state index is 11.3. The molecule has 1 atom stereocenters. The van der Waals surface area contributed by atoms with Crippen LogP contribution in [0.3, 0.4) is 0 Å². The van der Waals surface area contributed by atoms with Gasteiger partial charge in [0.05, 0.1) is 13.2 Å². The van der Waals surface area contributed by atoms with Gasteiger partial charge in [-0.05, 0) is 6.92 Å². The highest BCUT2D eigenvalue weighted by Crippen LogP contribution is 2.61. The van der Waals surface area contributed by atoms with Gasteiger partial charge in [-0.1, -0.05) is 0 Å². The molecule has 13 heavy (non-hydrogen) atoms. The monoisotopic (exact) mass is 186 g/mol. The Hall–Kier alpha value is -0.610. The predicted octanol–water partition coefficient (Wildman–Crippen LogP) is 0.496. The zero-order chi connectivity index (χ0) is 9.69. The first-order valence-electron chi connectivity index (χ1n) is 4.39. The number of hydrogen-bond donors (Lipinski definition) is 0. The molecule has 2 aliphatic rings. The van der Waals surface area contributed by atoms with E-state index in [1.165, 1.54) is 7.11 Å². The normalized spacial score (nSPS) is 47.2. The van der Waals surface area contributed by atoms with Crippen molar-refractivity contribution < 1.29 is 19.0 Å². The minimum atomic E-state index is -0.712. The van der Waals surface area contributed by atoms with Crippen molar-refractivity contribution in [2.75, 3.05) is 14.2 Å². The summed E-state index contributed by atoms with van der Waals surface area (Å²) < 4.78 is 15.3. The van der Waals surface area contributed by atoms with E-state index < -0.39 is 5.60 Å². The SMILES string of the molecule is COC(=O)C1(C)OC12CC(OC)C2. The average molecular weight is 186 g/mol. The zero-order valence-electron chi connectivity index (χ0n) is 8.12. The van der Waals surface area contributed by atoms with E-state index in [-0.39, 0.29) is 17.7 Å². The van der Waals surface area contributed by atoms with Crippen molar-refractivity contribution in [3.05, 3.63) is 0 Å². The standard InChI is InChI=1S/C9H14O4/c1-8(7(10)12-3)9(13-8)4-6(5-9)11-2/h6H,4-5H2,1-3H3. The zero-order valence-corrected chi connectivity index (χ0v) is 8.12. The lowest BCUT2D eigenvalue weighted by molar-refractivity contribution is -0.146. The van der Waals surface area contributed by atoms with E-state index in [1.807, 2.05) is 0 Å². The second-order valence-electron chi connectivity index (χ2n) is 3.89. The Morgan fingerprint density at radius 1 is 1.46 bits per heavy atom. The lowest BCUT2D eigenvalue weighted by Crippen LogP contribution is -2.45. The minimum absolute atomic E-state index is 0.242. The van der Waals surface area contributed by atoms with Gasteiger partial charge in [-0.3, -0.25) is 0 Å². The van der Waals surface area contributed by atoms with Gasteiger partial charge in [-0.2, -0.15) is 0 Å². The quantitative estimate of drug-likeness (QED) is 0.465. The van der Waals surface area contributed by atoms with E-state index >= 15 is 0 Å². The molecular weight excluding hydrogens is 172 g/mol. The van der Waals surface area contributed by atoms with Gasteiger partial charge in [0.2, 0.25) is 0 Å². The Bertz CT molecular complexity index is 244. The third-order valence-electron chi connectivity index (χ3n) is 3.25. The van der Waals surface area contributed by atoms with E-state index in [4.69, 9.17) is 9.47 Å². The van der Waals surface area contributed by atoms with Crippen LogP contribution in [0, 0.1) is 0 Å². The van der Waals surface area contributed by atoms with Crippen molar-refractivity contribution >= 4 is 5.97 Å². The van der Waals surface area contributed by atoms with Crippen molar-refractivity contribution in [1.29, 1.82) is 0 Å². The minimum Gasteiger partial charge on any atom is -0.467 e. The third-order valence-corrected chi connectivity index (χ3v) is 3.25. The van der Waals surface area contributed by atoms with Crippen LogP contribution in [0.2, 0.25) is 0 Å². The summed E-state index contributed by atoms with van der Waals surface area (Å²) in [6, 6.07) is 0. The molecule has 1 saturated heterocycles. The van der Waals surface area contributed by atoms with Gasteiger partial charge >= 0.3 is 5.97 Å². The Kier molecular flexibility index (Phi) is 1.69. The first kappa shape index (κ1) is 8.97. The first-order valence-corrected chi connectivity index (χ1v) is 4.39. The number of epoxide rings is 1. The highest BCUT2D eigenvalue weighted by Gasteiger charge is 2.77. The number of carbonyl (C=O) groups excluding carboxylic acids is 1. The molecule has 0 aromatic carbocycles. The fourth-order valence-corrected chi connectivity index (χ4v) is 2.10. The van der Waals surface area contributed by atoms with Crippen LogP contribution in [-0.2, 0) is 19.0 Å². The summed E-state index contributed by atoms with van der Waals surface area (Å²) >= 11 is 0. The van der Waals surface area contributed by atoms with Crippen molar-refractivity contribution in [2.45, 2.75) is 37.1 Å². The van der Waals surface area contributed by atoms with Crippen molar-refractivity contribution in [1.82, 2.24) is 0 Å². The van der Waals surface area contributed by atoms with Crippen LogP contribution in [0.4, 0.5) is 0 Å². The van der Waals surface area contributed by atoms with Crippen molar-refractivity contribution in [3.8, 4) is 0 Å². The number of hydrogen-bond acceptors (Lipinski definition) is 4. The van der Waals surface area contributed by atoms with Gasteiger partial charge in [0.1, 0.15) is 5.60 Å². The summed E-state index contributed by atoms with van der Waals surface area (Å²) in [5.74, 6) is -0.276. The molecule has 4 heteroatoms. The van der Waals surface area contributed by atoms with Crippen LogP contribution in [0.5, 0.6) is 0 Å². The molecule has 0 aromatic rings. The molecule has 0 amide bonds. The number of methoxy groups -OCH3 is 2. The predicted molar refractivity (Wildman–Crippen MR) is 44.3 cm³/mol. The molecule has 0 aromatic heterocycles. The molecule has 74 valence electrons. The van der Waals surface area contributed by atoms with Crippen LogP contribution in [0.1, 0.15) is 19.8 Å². The largest absolute Gasteiger partial charge is 0.467 e. The first-order chi connectivity index (χ1) is 6.08. The van der Waals surface area contributed by atoms with Crippen LogP contribution in [0.25, 0.3) is 0 Å². The molecule has 4 nitrogen and oxygen atoms in total. The van der Waals surface area contributed by atoms with Gasteiger partial charge in [0.15, 0.2) is 5.60 Å². The van der Waals surface area contributed by atoms with Crippen LogP contribution in [0.15, 0.2) is 0 Å². The summed E-state index contributed by atoms with van der Waals surface area (Å²) in [7, 11) is 3.06. The Morgan fingerprint density at radius 3 is 2.54 bits per heavy atom. The Balaban J connectivity index is 1.98. The summed E-state index contributed by atoms with van der Waals surface area (Å²) in [5.41, 5.74) is -0.989. The second kappa shape index (κ2) is 2.45. The second-order valence-corrected chi connectivity index (χ2v) is 3.89. The molecule has 1 unspecified atom stereocenters. The van der Waals surface area contributed by atoms with E-state index in [9.17, 15) is 4.79 Å². The van der Waals surface area contributed by atoms with Gasteiger partial charge < -0.3 is 14.2 Å². The maximum absolute atomic E-state index is 11.3. The number of esters is 1. The fourth-order valence-electron chi connectivity index (χ4n) is 2.10. The molecule has 2 rings (SSSR count). The molecule has 1 spiro atoms. The summed E-state index contributed by atoms with van der Waals surface area (Å²) in [5, 5.41) is 0. The van der Waals surface area contributed by atoms with Crippen LogP contribution >= 0.6 is 0 Å². The summed E-state index contributed by atoms with van der Waals surface area (Å²) in [4.78, 5) is 11.3. The highest BCUT2D eigenvalue weighted by atomic mass is 16.7. The van der Waals surface area contributed by atoms with Gasteiger partial charge in [0.25, 0.3) is 0 Å². The molecule has 1 heterocycles. The fraction of sp³-hybridized carbons (Fsp3) is 0.889. The van der Waals surface area contributed by atoms with E-state index in [0.717, 1.165) is 12.8 Å². The summed E-state index contributed by atoms with van der Waals surface area (Å²) in [6.45, 7) is 1.78. The van der Waals surface area contributed by atoms with Gasteiger partial charge in [-0.25, -0.2) is 4.79 Å². The van der Waals surface area contributed by atoms with Crippen LogP contribution < -0.4 is 0 Å². The van der Waals surface area contributed by atoms with Gasteiger partial charge in [-0.15, -0.1) is 0 Å². The Morgan fingerprint density at radius 2 is 2.08 bits per heavy atom. The number of rotatable bonds is 2. The van der Waals surface area contributed by atoms with Crippen molar-refractivity contribution in [3.63, 3.8) is 0 Å². The van der Waals surface area contributed by atoms with E-state index in [1.54, 1.807) is 14.0 Å². The van der Waals surface area contributed by atoms with E-state index in [2.05, 4.69) is 4.74 Å². The average Bonchev–Trinajstić information content (AvgIpc) is 2.69. The number of ether oxygens (including phenoxy) is 3. The summed E-state index contributed by atoms with van der Waals surface area (Å²) in [6.07, 6.45) is 1.84. The third kappa shape index (κ3) is 0.957. The molecular formula is C9H14O4.